The molecular weight excluding hydrogens is 290 g/mol. The van der Waals surface area contributed by atoms with Crippen molar-refractivity contribution < 1.29 is 12.9 Å². The summed E-state index contributed by atoms with van der Waals surface area (Å²) in [5.41, 5.74) is 3.29. The maximum atomic E-state index is 12.4. The Morgan fingerprint density at radius 1 is 1.19 bits per heavy atom. The van der Waals surface area contributed by atoms with E-state index in [0.717, 1.165) is 16.7 Å². The van der Waals surface area contributed by atoms with Crippen LogP contribution in [0, 0.1) is 13.8 Å². The van der Waals surface area contributed by atoms with Gasteiger partial charge in [-0.3, -0.25) is 0 Å². The fraction of sp³-hybridized carbons (Fsp3) is 0.357. The molecule has 21 heavy (non-hydrogen) atoms. The zero-order valence-electron chi connectivity index (χ0n) is 12.3. The van der Waals surface area contributed by atoms with Crippen molar-refractivity contribution in [3.05, 3.63) is 46.8 Å². The molecule has 0 spiro atoms. The Kier molecular flexibility index (Phi) is 4.76. The molecule has 7 heteroatoms. The third-order valence-corrected chi connectivity index (χ3v) is 4.77. The molecule has 0 saturated heterocycles. The molecule has 2 aromatic rings. The Balaban J connectivity index is 2.28. The maximum Gasteiger partial charge on any atom is 0.241 e. The van der Waals surface area contributed by atoms with E-state index in [0.29, 0.717) is 17.1 Å². The van der Waals surface area contributed by atoms with E-state index < -0.39 is 10.0 Å². The van der Waals surface area contributed by atoms with E-state index in [9.17, 15) is 8.42 Å². The van der Waals surface area contributed by atoms with E-state index in [4.69, 9.17) is 0 Å². The second-order valence-electron chi connectivity index (χ2n) is 4.89. The standard InChI is InChI=1S/C14H19N3O3S/c1-10-6-11(2)14(7-12(10)8-15-3)21(18,19)16-9-13-4-5-20-17-13/h4-7,15-16H,8-9H2,1-3H3. The molecule has 0 bridgehead atoms. The highest BCUT2D eigenvalue weighted by Gasteiger charge is 2.18. The van der Waals surface area contributed by atoms with Gasteiger partial charge in [-0.15, -0.1) is 0 Å². The zero-order valence-corrected chi connectivity index (χ0v) is 13.1. The summed E-state index contributed by atoms with van der Waals surface area (Å²) in [7, 11) is -1.75. The molecule has 0 fully saturated rings. The summed E-state index contributed by atoms with van der Waals surface area (Å²) < 4.78 is 32.1. The summed E-state index contributed by atoms with van der Waals surface area (Å²) in [6.07, 6.45) is 1.41. The molecule has 2 rings (SSSR count). The molecular formula is C14H19N3O3S. The topological polar surface area (TPSA) is 84.2 Å². The van der Waals surface area contributed by atoms with Gasteiger partial charge in [0.25, 0.3) is 0 Å². The Morgan fingerprint density at radius 3 is 2.57 bits per heavy atom. The molecule has 0 amide bonds. The smallest absolute Gasteiger partial charge is 0.241 e. The van der Waals surface area contributed by atoms with Gasteiger partial charge in [0.15, 0.2) is 0 Å². The Bertz CT molecular complexity index is 709. The lowest BCUT2D eigenvalue weighted by atomic mass is 10.1. The van der Waals surface area contributed by atoms with Crippen LogP contribution in [0.15, 0.2) is 33.9 Å². The number of hydrogen-bond donors (Lipinski definition) is 2. The zero-order chi connectivity index (χ0) is 15.5. The summed E-state index contributed by atoms with van der Waals surface area (Å²) in [6, 6.07) is 5.22. The highest BCUT2D eigenvalue weighted by Crippen LogP contribution is 2.20. The molecule has 1 aromatic carbocycles. The largest absolute Gasteiger partial charge is 0.364 e. The molecule has 0 aliphatic carbocycles. The number of hydrogen-bond acceptors (Lipinski definition) is 5. The van der Waals surface area contributed by atoms with Crippen molar-refractivity contribution >= 4 is 10.0 Å². The minimum Gasteiger partial charge on any atom is -0.364 e. The highest BCUT2D eigenvalue weighted by molar-refractivity contribution is 7.89. The van der Waals surface area contributed by atoms with Gasteiger partial charge in [-0.2, -0.15) is 0 Å². The van der Waals surface area contributed by atoms with E-state index in [1.807, 2.05) is 20.0 Å². The fourth-order valence-electron chi connectivity index (χ4n) is 2.12. The molecule has 2 N–H and O–H groups in total. The van der Waals surface area contributed by atoms with E-state index in [1.54, 1.807) is 19.1 Å². The van der Waals surface area contributed by atoms with Gasteiger partial charge in [-0.1, -0.05) is 11.2 Å². The Hall–Kier alpha value is -1.70. The van der Waals surface area contributed by atoms with Crippen LogP contribution in [-0.2, 0) is 23.1 Å². The number of rotatable bonds is 6. The van der Waals surface area contributed by atoms with Gasteiger partial charge in [0, 0.05) is 12.6 Å². The van der Waals surface area contributed by atoms with Crippen molar-refractivity contribution in [3.63, 3.8) is 0 Å². The van der Waals surface area contributed by atoms with Gasteiger partial charge in [0.1, 0.15) is 6.26 Å². The molecule has 114 valence electrons. The predicted octanol–water partition coefficient (Wildman–Crippen LogP) is 1.49. The van der Waals surface area contributed by atoms with Gasteiger partial charge < -0.3 is 9.84 Å². The van der Waals surface area contributed by atoms with Crippen LogP contribution < -0.4 is 10.0 Å². The normalized spacial score (nSPS) is 11.8. The minimum absolute atomic E-state index is 0.105. The van der Waals surface area contributed by atoms with E-state index in [1.165, 1.54) is 6.26 Å². The molecule has 0 atom stereocenters. The predicted molar refractivity (Wildman–Crippen MR) is 79.2 cm³/mol. The fourth-order valence-corrected chi connectivity index (χ4v) is 3.39. The van der Waals surface area contributed by atoms with Gasteiger partial charge in [0.05, 0.1) is 17.1 Å². The lowest BCUT2D eigenvalue weighted by molar-refractivity contribution is 0.411. The molecule has 6 nitrogen and oxygen atoms in total. The van der Waals surface area contributed by atoms with Crippen LogP contribution in [0.3, 0.4) is 0 Å². The van der Waals surface area contributed by atoms with Crippen molar-refractivity contribution in [1.82, 2.24) is 15.2 Å². The van der Waals surface area contributed by atoms with Crippen molar-refractivity contribution in [2.24, 2.45) is 0 Å². The molecule has 0 radical (unpaired) electrons. The maximum absolute atomic E-state index is 12.4. The second-order valence-corrected chi connectivity index (χ2v) is 6.63. The molecule has 0 unspecified atom stereocenters. The molecule has 0 aliphatic rings. The number of aromatic nitrogens is 1. The quantitative estimate of drug-likeness (QED) is 0.844. The summed E-state index contributed by atoms with van der Waals surface area (Å²) in [5, 5.41) is 6.72. The third kappa shape index (κ3) is 3.69. The number of nitrogens with zero attached hydrogens (tertiary/aromatic N) is 1. The monoisotopic (exact) mass is 309 g/mol. The SMILES string of the molecule is CNCc1cc(S(=O)(=O)NCc2ccon2)c(C)cc1C. The van der Waals surface area contributed by atoms with Crippen molar-refractivity contribution in [2.75, 3.05) is 7.05 Å². The van der Waals surface area contributed by atoms with E-state index in [-0.39, 0.29) is 6.54 Å². The van der Waals surface area contributed by atoms with Crippen LogP contribution in [0.1, 0.15) is 22.4 Å². The first-order valence-corrected chi connectivity index (χ1v) is 8.06. The van der Waals surface area contributed by atoms with Crippen molar-refractivity contribution in [1.29, 1.82) is 0 Å². The molecule has 1 aromatic heterocycles. The van der Waals surface area contributed by atoms with Crippen LogP contribution >= 0.6 is 0 Å². The number of benzene rings is 1. The third-order valence-electron chi connectivity index (χ3n) is 3.22. The molecule has 1 heterocycles. The first-order chi connectivity index (χ1) is 9.94. The first-order valence-electron chi connectivity index (χ1n) is 6.57. The Morgan fingerprint density at radius 2 is 1.95 bits per heavy atom. The first kappa shape index (κ1) is 15.7. The average molecular weight is 309 g/mol. The van der Waals surface area contributed by atoms with Crippen LogP contribution in [0.2, 0.25) is 0 Å². The molecule has 0 saturated carbocycles. The van der Waals surface area contributed by atoms with Gasteiger partial charge >= 0.3 is 0 Å². The summed E-state index contributed by atoms with van der Waals surface area (Å²) in [5.74, 6) is 0. The minimum atomic E-state index is -3.58. The van der Waals surface area contributed by atoms with Gasteiger partial charge in [-0.05, 0) is 43.7 Å². The van der Waals surface area contributed by atoms with Crippen LogP contribution in [0.25, 0.3) is 0 Å². The lowest BCUT2D eigenvalue weighted by Crippen LogP contribution is -2.24. The van der Waals surface area contributed by atoms with Gasteiger partial charge in [-0.25, -0.2) is 13.1 Å². The van der Waals surface area contributed by atoms with Gasteiger partial charge in [0.2, 0.25) is 10.0 Å². The molecule has 0 aliphatic heterocycles. The summed E-state index contributed by atoms with van der Waals surface area (Å²) in [4.78, 5) is 0.293. The lowest BCUT2D eigenvalue weighted by Gasteiger charge is -2.13. The van der Waals surface area contributed by atoms with Crippen molar-refractivity contribution in [3.8, 4) is 0 Å². The number of nitrogens with one attached hydrogen (secondary N) is 2. The highest BCUT2D eigenvalue weighted by atomic mass is 32.2. The van der Waals surface area contributed by atoms with Crippen LogP contribution in [-0.4, -0.2) is 20.6 Å². The second kappa shape index (κ2) is 6.38. The average Bonchev–Trinajstić information content (AvgIpc) is 2.93. The number of sulfonamides is 1. The Labute approximate surface area is 124 Å². The summed E-state index contributed by atoms with van der Waals surface area (Å²) >= 11 is 0. The van der Waals surface area contributed by atoms with Crippen LogP contribution in [0.5, 0.6) is 0 Å². The number of aryl methyl sites for hydroxylation is 2. The van der Waals surface area contributed by atoms with Crippen molar-refractivity contribution in [2.45, 2.75) is 31.8 Å². The van der Waals surface area contributed by atoms with E-state index >= 15 is 0 Å². The summed E-state index contributed by atoms with van der Waals surface area (Å²) in [6.45, 7) is 4.49. The van der Waals surface area contributed by atoms with E-state index in [2.05, 4.69) is 19.7 Å². The van der Waals surface area contributed by atoms with Crippen LogP contribution in [0.4, 0.5) is 0 Å².